The molecule has 4 aliphatic carbocycles. The van der Waals surface area contributed by atoms with E-state index < -0.39 is 144 Å². The minimum atomic E-state index is -2.02. The van der Waals surface area contributed by atoms with Crippen LogP contribution in [0.3, 0.4) is 0 Å². The Morgan fingerprint density at radius 3 is 1.60 bits per heavy atom. The predicted molar refractivity (Wildman–Crippen MR) is 269 cm³/mol. The summed E-state index contributed by atoms with van der Waals surface area (Å²) in [5.41, 5.74) is -6.10. The standard InChI is InChI=1S/C56H90O19/c1-28(2)29(3)21-43(58)72-42-27-41-52(9)17-16-36(22-35(52)15-18-55(41,61)56(62)20-19-54(60,34(8)57)53(42,56)10)71-44-24-38(64-12)49(31(5)68-44)74-46-26-40(66-14)51(33(7)70-46)75-47-25-39(65-13)50(32(6)69-47)73-45-23-37(63-11)48(59)30(4)67-45/h15,21,28,30-33,36-42,44-51,59-62H,16-20,22-27H2,1-14H3/b29-21+/t30-,31+,32+,33+,36-,37+,38-,39+,40-,41+,42+,44-,45-,46-,47-,48-,49+,50+,51+,52-,53+,54+,55-,56+/m0/s1. The van der Waals surface area contributed by atoms with Crippen LogP contribution in [0.15, 0.2) is 23.3 Å². The highest BCUT2D eigenvalue weighted by Crippen LogP contribution is 2.71. The third-order valence-electron chi connectivity index (χ3n) is 19.6. The minimum absolute atomic E-state index is 0.0344. The summed E-state index contributed by atoms with van der Waals surface area (Å²) in [7, 11) is 6.49. The highest BCUT2D eigenvalue weighted by molar-refractivity contribution is 5.87. The average Bonchev–Trinajstić information content (AvgIpc) is 3.60. The maximum absolute atomic E-state index is 13.6. The van der Waals surface area contributed by atoms with E-state index in [-0.39, 0.29) is 43.8 Å². The van der Waals surface area contributed by atoms with E-state index in [1.54, 1.807) is 42.3 Å². The number of fused-ring (bicyclic) bond motifs is 5. The van der Waals surface area contributed by atoms with Gasteiger partial charge in [-0.3, -0.25) is 4.79 Å². The van der Waals surface area contributed by atoms with Gasteiger partial charge in [0.1, 0.15) is 47.3 Å². The number of carbonyl (C=O) groups is 2. The molecule has 0 aromatic heterocycles. The molecule has 428 valence electrons. The van der Waals surface area contributed by atoms with Gasteiger partial charge in [0.15, 0.2) is 30.9 Å². The predicted octanol–water partition coefficient (Wildman–Crippen LogP) is 5.12. The van der Waals surface area contributed by atoms with Crippen LogP contribution in [-0.4, -0.2) is 188 Å². The molecule has 7 fully saturated rings. The topological polar surface area (TPSA) is 235 Å². The second-order valence-electron chi connectivity index (χ2n) is 23.9. The Morgan fingerprint density at radius 1 is 0.667 bits per heavy atom. The number of ether oxygens (including phenoxy) is 13. The molecule has 8 aliphatic rings. The van der Waals surface area contributed by atoms with E-state index in [4.69, 9.17) is 61.6 Å². The van der Waals surface area contributed by atoms with Gasteiger partial charge in [-0.1, -0.05) is 38.0 Å². The van der Waals surface area contributed by atoms with Crippen molar-refractivity contribution in [3.8, 4) is 0 Å². The molecule has 0 unspecified atom stereocenters. The van der Waals surface area contributed by atoms with Crippen molar-refractivity contribution in [2.45, 2.75) is 267 Å². The van der Waals surface area contributed by atoms with Crippen molar-refractivity contribution in [2.24, 2.45) is 22.7 Å². The molecule has 4 heterocycles. The van der Waals surface area contributed by atoms with Crippen molar-refractivity contribution in [2.75, 3.05) is 28.4 Å². The van der Waals surface area contributed by atoms with Gasteiger partial charge < -0.3 is 82.0 Å². The van der Waals surface area contributed by atoms with Crippen LogP contribution in [0.1, 0.15) is 140 Å². The summed E-state index contributed by atoms with van der Waals surface area (Å²) in [5, 5.41) is 48.5. The minimum Gasteiger partial charge on any atom is -0.458 e. The first-order valence-corrected chi connectivity index (χ1v) is 27.6. The van der Waals surface area contributed by atoms with Crippen molar-refractivity contribution in [1.29, 1.82) is 0 Å². The lowest BCUT2D eigenvalue weighted by atomic mass is 9.42. The lowest BCUT2D eigenvalue weighted by molar-refractivity contribution is -0.347. The van der Waals surface area contributed by atoms with E-state index in [2.05, 4.69) is 6.92 Å². The fourth-order valence-corrected chi connectivity index (χ4v) is 14.6. The second-order valence-corrected chi connectivity index (χ2v) is 23.9. The highest BCUT2D eigenvalue weighted by atomic mass is 16.8. The number of aliphatic hydroxyl groups excluding tert-OH is 1. The van der Waals surface area contributed by atoms with Crippen molar-refractivity contribution in [1.82, 2.24) is 0 Å². The number of rotatable bonds is 16. The van der Waals surface area contributed by atoms with Crippen LogP contribution in [0.25, 0.3) is 0 Å². The zero-order valence-corrected chi connectivity index (χ0v) is 46.9. The molecule has 4 aliphatic heterocycles. The number of carbonyl (C=O) groups excluding carboxylic acids is 2. The molecule has 0 aromatic carbocycles. The Hall–Kier alpha value is -2.02. The zero-order chi connectivity index (χ0) is 54.7. The SMILES string of the molecule is CO[C@H]1C[C@H](O[C@H]2CC[C@@]3(C)C(=CC[C@]4(O)[C@@H]3C[C@@H](OC(=O)/C=C(\C)C(C)C)[C@@]3(C)[C@]4(O)CC[C@@]3(O)C(C)=O)C2)O[C@H](C)[C@H]1O[C@H]1C[C@H](OC)[C@H](O[C@H]2C[C@@H](OC)[C@H](O[C@H]3C[C@@H](OC)[C@@H](O)[C@H](C)O3)[C@@H](C)O2)[C@@H](C)O1. The normalized spacial score (nSPS) is 49.3. The summed E-state index contributed by atoms with van der Waals surface area (Å²) in [6, 6.07) is 0. The van der Waals surface area contributed by atoms with Gasteiger partial charge >= 0.3 is 5.97 Å². The molecule has 75 heavy (non-hydrogen) atoms. The quantitative estimate of drug-likeness (QED) is 0.0892. The number of aliphatic hydroxyl groups is 4. The zero-order valence-electron chi connectivity index (χ0n) is 46.9. The number of methoxy groups -OCH3 is 4. The Morgan fingerprint density at radius 2 is 1.13 bits per heavy atom. The van der Waals surface area contributed by atoms with Crippen LogP contribution >= 0.6 is 0 Å². The van der Waals surface area contributed by atoms with E-state index in [0.717, 1.165) is 11.1 Å². The van der Waals surface area contributed by atoms with Gasteiger partial charge in [-0.25, -0.2) is 4.79 Å². The smallest absolute Gasteiger partial charge is 0.330 e. The summed E-state index contributed by atoms with van der Waals surface area (Å²) in [6.45, 7) is 18.4. The Bertz CT molecular complexity index is 2070. The molecule has 4 saturated heterocycles. The molecule has 0 bridgehead atoms. The molecule has 19 nitrogen and oxygen atoms in total. The maximum Gasteiger partial charge on any atom is 0.330 e. The lowest BCUT2D eigenvalue weighted by Crippen LogP contribution is -2.78. The third kappa shape index (κ3) is 10.6. The largest absolute Gasteiger partial charge is 0.458 e. The van der Waals surface area contributed by atoms with Gasteiger partial charge in [0.25, 0.3) is 0 Å². The van der Waals surface area contributed by atoms with Crippen LogP contribution in [0.2, 0.25) is 0 Å². The first-order valence-electron chi connectivity index (χ1n) is 27.6. The van der Waals surface area contributed by atoms with E-state index in [0.29, 0.717) is 44.9 Å². The maximum atomic E-state index is 13.6. The number of esters is 1. The molecule has 24 atom stereocenters. The van der Waals surface area contributed by atoms with Crippen molar-refractivity contribution >= 4 is 11.8 Å². The summed E-state index contributed by atoms with van der Waals surface area (Å²) in [5.74, 6) is -1.61. The third-order valence-corrected chi connectivity index (χ3v) is 19.6. The number of allylic oxidation sites excluding steroid dienone is 1. The summed E-state index contributed by atoms with van der Waals surface area (Å²) < 4.78 is 81.6. The van der Waals surface area contributed by atoms with E-state index in [1.165, 1.54) is 13.0 Å². The van der Waals surface area contributed by atoms with Gasteiger partial charge in [-0.2, -0.15) is 0 Å². The van der Waals surface area contributed by atoms with E-state index >= 15 is 0 Å². The Kier molecular flexibility index (Phi) is 18.0. The molecule has 0 spiro atoms. The Labute approximate surface area is 443 Å². The molecule has 3 saturated carbocycles. The molecular formula is C56H90O19. The van der Waals surface area contributed by atoms with Gasteiger partial charge in [0.05, 0.1) is 60.4 Å². The van der Waals surface area contributed by atoms with Gasteiger partial charge in [0.2, 0.25) is 0 Å². The van der Waals surface area contributed by atoms with Crippen LogP contribution < -0.4 is 0 Å². The van der Waals surface area contributed by atoms with Crippen LogP contribution in [-0.2, 0) is 71.2 Å². The van der Waals surface area contributed by atoms with Crippen molar-refractivity contribution in [3.05, 3.63) is 23.3 Å². The van der Waals surface area contributed by atoms with E-state index in [9.17, 15) is 30.0 Å². The highest BCUT2D eigenvalue weighted by Gasteiger charge is 2.81. The molecular weight excluding hydrogens is 977 g/mol. The Balaban J connectivity index is 0.877. The second kappa shape index (κ2) is 22.8. The lowest BCUT2D eigenvalue weighted by Gasteiger charge is -2.67. The average molecular weight is 1070 g/mol. The summed E-state index contributed by atoms with van der Waals surface area (Å²) in [4.78, 5) is 26.9. The molecule has 0 aromatic rings. The van der Waals surface area contributed by atoms with Gasteiger partial charge in [0, 0.05) is 66.1 Å². The van der Waals surface area contributed by atoms with Crippen LogP contribution in [0.5, 0.6) is 0 Å². The molecule has 19 heteroatoms. The fraction of sp³-hybridized carbons (Fsp3) is 0.893. The van der Waals surface area contributed by atoms with Crippen molar-refractivity contribution < 1.29 is 91.6 Å². The fourth-order valence-electron chi connectivity index (χ4n) is 14.6. The number of hydrogen-bond donors (Lipinski definition) is 4. The van der Waals surface area contributed by atoms with Gasteiger partial charge in [-0.15, -0.1) is 0 Å². The molecule has 8 rings (SSSR count). The molecule has 4 N–H and O–H groups in total. The number of ketones is 1. The number of hydrogen-bond acceptors (Lipinski definition) is 19. The summed E-state index contributed by atoms with van der Waals surface area (Å²) in [6.07, 6.45) is -2.49. The van der Waals surface area contributed by atoms with Crippen molar-refractivity contribution in [3.63, 3.8) is 0 Å². The first kappa shape index (κ1) is 59.1. The monoisotopic (exact) mass is 1070 g/mol. The molecule has 0 radical (unpaired) electrons. The number of Topliss-reactive ketones (excluding diaryl/α,β-unsaturated/α-hetero) is 1. The summed E-state index contributed by atoms with van der Waals surface area (Å²) >= 11 is 0. The molecule has 0 amide bonds. The van der Waals surface area contributed by atoms with E-state index in [1.807, 2.05) is 47.6 Å². The first-order chi connectivity index (χ1) is 35.3. The van der Waals surface area contributed by atoms with Crippen LogP contribution in [0.4, 0.5) is 0 Å². The van der Waals surface area contributed by atoms with Crippen LogP contribution in [0, 0.1) is 22.7 Å². The van der Waals surface area contributed by atoms with Gasteiger partial charge in [-0.05, 0) is 105 Å².